The van der Waals surface area contributed by atoms with Gasteiger partial charge in [-0.2, -0.15) is 0 Å². The SMILES string of the molecule is CCCCC(CC)CC(C)(N)c1ccc(Br)cc1. The van der Waals surface area contributed by atoms with Gasteiger partial charge in [0.2, 0.25) is 0 Å². The van der Waals surface area contributed by atoms with Crippen molar-refractivity contribution in [1.29, 1.82) is 0 Å². The minimum Gasteiger partial charge on any atom is -0.322 e. The number of nitrogens with two attached hydrogens (primary N) is 1. The van der Waals surface area contributed by atoms with E-state index in [1.54, 1.807) is 0 Å². The van der Waals surface area contributed by atoms with Crippen LogP contribution in [0.3, 0.4) is 0 Å². The molecule has 0 aliphatic heterocycles. The highest BCUT2D eigenvalue weighted by molar-refractivity contribution is 9.10. The first-order valence-electron chi connectivity index (χ1n) is 7.04. The van der Waals surface area contributed by atoms with E-state index < -0.39 is 0 Å². The molecule has 2 N–H and O–H groups in total. The highest BCUT2D eigenvalue weighted by atomic mass is 79.9. The summed E-state index contributed by atoms with van der Waals surface area (Å²) >= 11 is 3.47. The Kier molecular flexibility index (Phi) is 6.37. The zero-order chi connectivity index (χ0) is 13.6. The summed E-state index contributed by atoms with van der Waals surface area (Å²) < 4.78 is 1.11. The van der Waals surface area contributed by atoms with Crippen molar-refractivity contribution in [2.75, 3.05) is 0 Å². The summed E-state index contributed by atoms with van der Waals surface area (Å²) in [7, 11) is 0. The number of hydrogen-bond donors (Lipinski definition) is 1. The second-order valence-corrected chi connectivity index (χ2v) is 6.46. The van der Waals surface area contributed by atoms with Gasteiger partial charge in [-0.15, -0.1) is 0 Å². The van der Waals surface area contributed by atoms with Crippen molar-refractivity contribution in [3.63, 3.8) is 0 Å². The number of halogens is 1. The van der Waals surface area contributed by atoms with E-state index in [0.717, 1.165) is 16.8 Å². The van der Waals surface area contributed by atoms with E-state index in [2.05, 4.69) is 61.0 Å². The molecule has 0 aromatic heterocycles. The maximum Gasteiger partial charge on any atom is 0.0383 e. The summed E-state index contributed by atoms with van der Waals surface area (Å²) in [6.45, 7) is 6.69. The summed E-state index contributed by atoms with van der Waals surface area (Å²) in [5.41, 5.74) is 7.54. The summed E-state index contributed by atoms with van der Waals surface area (Å²) in [5, 5.41) is 0. The highest BCUT2D eigenvalue weighted by Crippen LogP contribution is 2.30. The molecule has 0 amide bonds. The normalized spacial score (nSPS) is 16.3. The van der Waals surface area contributed by atoms with Gasteiger partial charge >= 0.3 is 0 Å². The zero-order valence-corrected chi connectivity index (χ0v) is 13.5. The topological polar surface area (TPSA) is 26.0 Å². The third-order valence-corrected chi connectivity index (χ3v) is 4.29. The second-order valence-electron chi connectivity index (χ2n) is 5.54. The van der Waals surface area contributed by atoms with Crippen molar-refractivity contribution in [2.24, 2.45) is 11.7 Å². The molecule has 0 radical (unpaired) electrons. The summed E-state index contributed by atoms with van der Waals surface area (Å²) in [5.74, 6) is 0.739. The number of unbranched alkanes of at least 4 members (excludes halogenated alkanes) is 1. The standard InChI is InChI=1S/C16H26BrN/c1-4-6-7-13(5-2)12-16(3,18)14-8-10-15(17)11-9-14/h8-11,13H,4-7,12,18H2,1-3H3. The molecule has 2 unspecified atom stereocenters. The van der Waals surface area contributed by atoms with Gasteiger partial charge in [-0.1, -0.05) is 67.6 Å². The molecule has 1 nitrogen and oxygen atoms in total. The van der Waals surface area contributed by atoms with Gasteiger partial charge in [0.25, 0.3) is 0 Å². The van der Waals surface area contributed by atoms with Crippen LogP contribution < -0.4 is 5.73 Å². The van der Waals surface area contributed by atoms with Crippen LogP contribution in [0.4, 0.5) is 0 Å². The predicted molar refractivity (Wildman–Crippen MR) is 83.6 cm³/mol. The van der Waals surface area contributed by atoms with Crippen LogP contribution in [0.25, 0.3) is 0 Å². The van der Waals surface area contributed by atoms with Gasteiger partial charge in [-0.3, -0.25) is 0 Å². The summed E-state index contributed by atoms with van der Waals surface area (Å²) in [6.07, 6.45) is 6.19. The lowest BCUT2D eigenvalue weighted by atomic mass is 9.81. The molecular formula is C16H26BrN. The molecule has 0 heterocycles. The second kappa shape index (κ2) is 7.30. The van der Waals surface area contributed by atoms with Gasteiger partial charge in [0.15, 0.2) is 0 Å². The molecule has 0 fully saturated rings. The maximum atomic E-state index is 6.52. The molecule has 0 saturated carbocycles. The Labute approximate surface area is 120 Å². The number of rotatable bonds is 7. The van der Waals surface area contributed by atoms with Crippen LogP contribution in [0.2, 0.25) is 0 Å². The van der Waals surface area contributed by atoms with Crippen molar-refractivity contribution < 1.29 is 0 Å². The number of benzene rings is 1. The average molecular weight is 312 g/mol. The Morgan fingerprint density at radius 3 is 2.33 bits per heavy atom. The van der Waals surface area contributed by atoms with Gasteiger partial charge in [0.05, 0.1) is 0 Å². The minimum absolute atomic E-state index is 0.213. The molecule has 0 aliphatic carbocycles. The maximum absolute atomic E-state index is 6.52. The van der Waals surface area contributed by atoms with Crippen molar-refractivity contribution in [3.8, 4) is 0 Å². The van der Waals surface area contributed by atoms with Gasteiger partial charge in [-0.05, 0) is 37.0 Å². The van der Waals surface area contributed by atoms with Gasteiger partial charge in [0.1, 0.15) is 0 Å². The van der Waals surface area contributed by atoms with E-state index in [1.165, 1.54) is 31.2 Å². The predicted octanol–water partition coefficient (Wildman–Crippen LogP) is 5.23. The van der Waals surface area contributed by atoms with Crippen molar-refractivity contribution in [2.45, 2.75) is 58.4 Å². The summed E-state index contributed by atoms with van der Waals surface area (Å²) in [4.78, 5) is 0. The van der Waals surface area contributed by atoms with Crippen LogP contribution in [0.15, 0.2) is 28.7 Å². The van der Waals surface area contributed by atoms with Gasteiger partial charge in [0, 0.05) is 10.0 Å². The Morgan fingerprint density at radius 2 is 1.83 bits per heavy atom. The van der Waals surface area contributed by atoms with Crippen molar-refractivity contribution >= 4 is 15.9 Å². The van der Waals surface area contributed by atoms with Crippen LogP contribution in [-0.2, 0) is 5.54 Å². The van der Waals surface area contributed by atoms with E-state index in [4.69, 9.17) is 5.73 Å². The molecule has 2 atom stereocenters. The molecule has 1 aromatic carbocycles. The third-order valence-electron chi connectivity index (χ3n) is 3.76. The van der Waals surface area contributed by atoms with E-state index in [1.807, 2.05) is 0 Å². The molecule has 2 heteroatoms. The van der Waals surface area contributed by atoms with E-state index in [9.17, 15) is 0 Å². The quantitative estimate of drug-likeness (QED) is 0.733. The fraction of sp³-hybridized carbons (Fsp3) is 0.625. The lowest BCUT2D eigenvalue weighted by Crippen LogP contribution is -2.35. The fourth-order valence-corrected chi connectivity index (χ4v) is 2.76. The van der Waals surface area contributed by atoms with Gasteiger partial charge < -0.3 is 5.73 Å². The summed E-state index contributed by atoms with van der Waals surface area (Å²) in [6, 6.07) is 8.42. The van der Waals surface area contributed by atoms with Crippen molar-refractivity contribution in [3.05, 3.63) is 34.3 Å². The van der Waals surface area contributed by atoms with Gasteiger partial charge in [-0.25, -0.2) is 0 Å². The minimum atomic E-state index is -0.213. The fourth-order valence-electron chi connectivity index (χ4n) is 2.49. The van der Waals surface area contributed by atoms with E-state index in [-0.39, 0.29) is 5.54 Å². The monoisotopic (exact) mass is 311 g/mol. The van der Waals surface area contributed by atoms with Crippen LogP contribution in [0, 0.1) is 5.92 Å². The van der Waals surface area contributed by atoms with Crippen LogP contribution in [0.1, 0.15) is 58.4 Å². The molecule has 0 aliphatic rings. The van der Waals surface area contributed by atoms with E-state index in [0.29, 0.717) is 0 Å². The zero-order valence-electron chi connectivity index (χ0n) is 11.9. The number of hydrogen-bond acceptors (Lipinski definition) is 1. The lowest BCUT2D eigenvalue weighted by Gasteiger charge is -2.30. The molecule has 0 spiro atoms. The first-order chi connectivity index (χ1) is 8.49. The molecule has 102 valence electrons. The van der Waals surface area contributed by atoms with Crippen LogP contribution in [0.5, 0.6) is 0 Å². The first kappa shape index (κ1) is 15.7. The average Bonchev–Trinajstić information content (AvgIpc) is 2.35. The van der Waals surface area contributed by atoms with Crippen molar-refractivity contribution in [1.82, 2.24) is 0 Å². The smallest absolute Gasteiger partial charge is 0.0383 e. The Hall–Kier alpha value is -0.340. The molecule has 0 saturated heterocycles. The third kappa shape index (κ3) is 4.74. The lowest BCUT2D eigenvalue weighted by molar-refractivity contribution is 0.315. The highest BCUT2D eigenvalue weighted by Gasteiger charge is 2.24. The first-order valence-corrected chi connectivity index (χ1v) is 7.83. The molecule has 18 heavy (non-hydrogen) atoms. The molecular weight excluding hydrogens is 286 g/mol. The largest absolute Gasteiger partial charge is 0.322 e. The Morgan fingerprint density at radius 1 is 1.22 bits per heavy atom. The molecule has 1 aromatic rings. The molecule has 1 rings (SSSR count). The Bertz CT molecular complexity index is 343. The van der Waals surface area contributed by atoms with Crippen LogP contribution >= 0.6 is 15.9 Å². The Balaban J connectivity index is 2.69. The van der Waals surface area contributed by atoms with Crippen LogP contribution in [-0.4, -0.2) is 0 Å². The van der Waals surface area contributed by atoms with E-state index >= 15 is 0 Å². The molecule has 0 bridgehead atoms.